The lowest BCUT2D eigenvalue weighted by atomic mass is 10.3. The predicted molar refractivity (Wildman–Crippen MR) is 48.3 cm³/mol. The first kappa shape index (κ1) is 16.1. The molecular weight excluding hydrogens is 273 g/mol. The van der Waals surface area contributed by atoms with Crippen LogP contribution in [0.2, 0.25) is 0 Å². The molecule has 1 amide bonds. The van der Waals surface area contributed by atoms with Crippen LogP contribution in [0.15, 0.2) is 0 Å². The summed E-state index contributed by atoms with van der Waals surface area (Å²) in [6.45, 7) is -0.572. The summed E-state index contributed by atoms with van der Waals surface area (Å²) in [6, 6.07) is 0. The van der Waals surface area contributed by atoms with Gasteiger partial charge in [0, 0.05) is 12.8 Å². The molecule has 17 heavy (non-hydrogen) atoms. The molecule has 0 aliphatic heterocycles. The molecule has 0 aliphatic rings. The number of halogens is 5. The van der Waals surface area contributed by atoms with Gasteiger partial charge in [0.2, 0.25) is 0 Å². The van der Waals surface area contributed by atoms with Gasteiger partial charge in [-0.2, -0.15) is 22.0 Å². The monoisotopic (exact) mass is 283 g/mol. The van der Waals surface area contributed by atoms with Gasteiger partial charge in [-0.3, -0.25) is 4.79 Å². The van der Waals surface area contributed by atoms with Crippen LogP contribution < -0.4 is 5.32 Å². The molecule has 0 aromatic heterocycles. The molecule has 0 saturated carbocycles. The summed E-state index contributed by atoms with van der Waals surface area (Å²) in [4.78, 5) is 10.5. The molecule has 0 aliphatic carbocycles. The topological polar surface area (TPSA) is 63.2 Å². The van der Waals surface area contributed by atoms with Crippen LogP contribution in [0.1, 0.15) is 6.42 Å². The Labute approximate surface area is 94.1 Å². The summed E-state index contributed by atoms with van der Waals surface area (Å²) in [5.41, 5.74) is 0. The maximum Gasteiger partial charge on any atom is 0.463 e. The summed E-state index contributed by atoms with van der Waals surface area (Å²) in [6.07, 6.45) is -5.33. The molecule has 4 nitrogen and oxygen atoms in total. The van der Waals surface area contributed by atoms with Crippen molar-refractivity contribution in [1.29, 1.82) is 0 Å². The van der Waals surface area contributed by atoms with E-state index < -0.39 is 40.1 Å². The fraction of sp³-hybridized carbons (Fsp3) is 0.857. The Bertz CT molecular complexity index is 375. The van der Waals surface area contributed by atoms with Gasteiger partial charge in [0.25, 0.3) is 5.91 Å². The van der Waals surface area contributed by atoms with Crippen molar-refractivity contribution in [2.45, 2.75) is 18.5 Å². The van der Waals surface area contributed by atoms with Crippen molar-refractivity contribution in [3.8, 4) is 0 Å². The van der Waals surface area contributed by atoms with Crippen molar-refractivity contribution >= 4 is 15.7 Å². The second-order valence-electron chi connectivity index (χ2n) is 3.31. The zero-order chi connectivity index (χ0) is 13.9. The van der Waals surface area contributed by atoms with Gasteiger partial charge in [0.15, 0.2) is 0 Å². The average molecular weight is 283 g/mol. The fourth-order valence-corrected chi connectivity index (χ4v) is 1.44. The normalized spacial score (nSPS) is 13.5. The van der Waals surface area contributed by atoms with E-state index in [1.54, 1.807) is 0 Å². The molecule has 0 bridgehead atoms. The minimum absolute atomic E-state index is 0.238. The molecule has 10 heteroatoms. The lowest BCUT2D eigenvalue weighted by Crippen LogP contribution is -2.50. The molecular formula is C7H10F5NO3S. The van der Waals surface area contributed by atoms with E-state index in [0.717, 1.165) is 6.26 Å². The third kappa shape index (κ3) is 5.29. The molecule has 102 valence electrons. The second kappa shape index (κ2) is 5.15. The summed E-state index contributed by atoms with van der Waals surface area (Å²) in [5, 5.41) is 1.33. The van der Waals surface area contributed by atoms with E-state index in [1.807, 2.05) is 0 Å². The molecule has 0 radical (unpaired) electrons. The van der Waals surface area contributed by atoms with Crippen LogP contribution in [0.3, 0.4) is 0 Å². The number of hydrogen-bond acceptors (Lipinski definition) is 3. The molecule has 0 fully saturated rings. The number of carbonyl (C=O) groups excluding carboxylic acids is 1. The van der Waals surface area contributed by atoms with Crippen LogP contribution in [-0.2, 0) is 14.6 Å². The summed E-state index contributed by atoms with van der Waals surface area (Å²) in [7, 11) is -3.35. The molecule has 0 saturated heterocycles. The SMILES string of the molecule is CS(=O)(=O)CCCNC(=O)C(F)(F)C(F)(F)F. The van der Waals surface area contributed by atoms with Crippen molar-refractivity contribution in [1.82, 2.24) is 5.32 Å². The summed E-state index contributed by atoms with van der Waals surface area (Å²) < 4.78 is 80.9. The number of rotatable bonds is 5. The Morgan fingerprint density at radius 3 is 2.00 bits per heavy atom. The molecule has 0 aromatic rings. The van der Waals surface area contributed by atoms with Gasteiger partial charge in [-0.25, -0.2) is 8.42 Å². The maximum absolute atomic E-state index is 12.3. The van der Waals surface area contributed by atoms with Gasteiger partial charge >= 0.3 is 12.1 Å². The second-order valence-corrected chi connectivity index (χ2v) is 5.57. The Balaban J connectivity index is 4.21. The lowest BCUT2D eigenvalue weighted by molar-refractivity contribution is -0.269. The number of alkyl halides is 5. The van der Waals surface area contributed by atoms with Gasteiger partial charge in [-0.05, 0) is 6.42 Å². The van der Waals surface area contributed by atoms with E-state index in [9.17, 15) is 35.2 Å². The van der Waals surface area contributed by atoms with Crippen LogP contribution in [0, 0.1) is 0 Å². The highest BCUT2D eigenvalue weighted by Gasteiger charge is 2.63. The standard InChI is InChI=1S/C7H10F5NO3S/c1-17(15,16)4-2-3-13-5(14)6(8,9)7(10,11)12/h2-4H2,1H3,(H,13,14). The quantitative estimate of drug-likeness (QED) is 0.598. The maximum atomic E-state index is 12.3. The highest BCUT2D eigenvalue weighted by atomic mass is 32.2. The zero-order valence-electron chi connectivity index (χ0n) is 8.64. The Morgan fingerprint density at radius 2 is 1.65 bits per heavy atom. The number of sulfone groups is 1. The Morgan fingerprint density at radius 1 is 1.18 bits per heavy atom. The third-order valence-electron chi connectivity index (χ3n) is 1.62. The summed E-state index contributed by atoms with van der Waals surface area (Å²) in [5.74, 6) is -8.37. The van der Waals surface area contributed by atoms with Gasteiger partial charge in [-0.15, -0.1) is 0 Å². The van der Waals surface area contributed by atoms with Crippen LogP contribution in [-0.4, -0.2) is 45.0 Å². The van der Waals surface area contributed by atoms with Crippen LogP contribution in [0.5, 0.6) is 0 Å². The molecule has 0 rings (SSSR count). The van der Waals surface area contributed by atoms with Gasteiger partial charge in [0.05, 0.1) is 5.75 Å². The number of nitrogens with one attached hydrogen (secondary N) is 1. The zero-order valence-corrected chi connectivity index (χ0v) is 9.46. The molecule has 0 atom stereocenters. The highest BCUT2D eigenvalue weighted by Crippen LogP contribution is 2.35. The number of amides is 1. The van der Waals surface area contributed by atoms with Crippen molar-refractivity contribution in [2.75, 3.05) is 18.6 Å². The van der Waals surface area contributed by atoms with Crippen molar-refractivity contribution < 1.29 is 35.2 Å². The fourth-order valence-electron chi connectivity index (χ4n) is 0.776. The predicted octanol–water partition coefficient (Wildman–Crippen LogP) is 0.735. The van der Waals surface area contributed by atoms with Gasteiger partial charge < -0.3 is 5.32 Å². The molecule has 0 unspecified atom stereocenters. The van der Waals surface area contributed by atoms with Crippen LogP contribution >= 0.6 is 0 Å². The highest BCUT2D eigenvalue weighted by molar-refractivity contribution is 7.90. The third-order valence-corrected chi connectivity index (χ3v) is 2.65. The minimum atomic E-state index is -5.96. The van der Waals surface area contributed by atoms with Gasteiger partial charge in [-0.1, -0.05) is 0 Å². The first-order chi connectivity index (χ1) is 7.38. The number of hydrogen-bond donors (Lipinski definition) is 1. The van der Waals surface area contributed by atoms with Crippen molar-refractivity contribution in [3.05, 3.63) is 0 Å². The Hall–Kier alpha value is -0.930. The molecule has 0 aromatic carbocycles. The van der Waals surface area contributed by atoms with Crippen molar-refractivity contribution in [3.63, 3.8) is 0 Å². The molecule has 0 spiro atoms. The van der Waals surface area contributed by atoms with E-state index in [2.05, 4.69) is 0 Å². The minimum Gasteiger partial charge on any atom is -0.351 e. The van der Waals surface area contributed by atoms with E-state index in [0.29, 0.717) is 0 Å². The van der Waals surface area contributed by atoms with E-state index >= 15 is 0 Å². The van der Waals surface area contributed by atoms with Crippen molar-refractivity contribution in [2.24, 2.45) is 0 Å². The molecule has 1 N–H and O–H groups in total. The first-order valence-electron chi connectivity index (χ1n) is 4.28. The summed E-state index contributed by atoms with van der Waals surface area (Å²) >= 11 is 0. The van der Waals surface area contributed by atoms with Gasteiger partial charge in [0.1, 0.15) is 9.84 Å². The van der Waals surface area contributed by atoms with E-state index in [1.165, 1.54) is 5.32 Å². The lowest BCUT2D eigenvalue weighted by Gasteiger charge is -2.18. The number of carbonyl (C=O) groups is 1. The smallest absolute Gasteiger partial charge is 0.351 e. The van der Waals surface area contributed by atoms with Crippen LogP contribution in [0.4, 0.5) is 22.0 Å². The molecule has 0 heterocycles. The Kier molecular flexibility index (Phi) is 4.87. The van der Waals surface area contributed by atoms with E-state index in [-0.39, 0.29) is 6.42 Å². The first-order valence-corrected chi connectivity index (χ1v) is 6.34. The largest absolute Gasteiger partial charge is 0.463 e. The van der Waals surface area contributed by atoms with Crippen LogP contribution in [0.25, 0.3) is 0 Å². The van der Waals surface area contributed by atoms with E-state index in [4.69, 9.17) is 0 Å². The average Bonchev–Trinajstić information content (AvgIpc) is 2.08.